The second-order valence-electron chi connectivity index (χ2n) is 9.20. The van der Waals surface area contributed by atoms with Crippen LogP contribution in [0.25, 0.3) is 33.2 Å². The summed E-state index contributed by atoms with van der Waals surface area (Å²) in [6, 6.07) is 17.7. The van der Waals surface area contributed by atoms with Crippen molar-refractivity contribution in [2.24, 2.45) is 0 Å². The minimum atomic E-state index is -2.72. The van der Waals surface area contributed by atoms with Gasteiger partial charge in [-0.1, -0.05) is 35.3 Å². The number of carboxylic acid groups (broad SMARTS) is 1. The smallest absolute Gasteiger partial charge is 0.405 e. The predicted molar refractivity (Wildman–Crippen MR) is 142 cm³/mol. The molecule has 0 spiro atoms. The van der Waals surface area contributed by atoms with Gasteiger partial charge in [-0.15, -0.1) is 0 Å². The van der Waals surface area contributed by atoms with Crippen molar-refractivity contribution in [2.45, 2.75) is 25.3 Å². The van der Waals surface area contributed by atoms with Crippen LogP contribution >= 0.6 is 23.2 Å². The van der Waals surface area contributed by atoms with Gasteiger partial charge < -0.3 is 19.7 Å². The summed E-state index contributed by atoms with van der Waals surface area (Å²) in [4.78, 5) is 25.3. The largest absolute Gasteiger partial charge is 0.465 e. The van der Waals surface area contributed by atoms with Crippen LogP contribution in [-0.4, -0.2) is 41.0 Å². The van der Waals surface area contributed by atoms with Gasteiger partial charge in [-0.25, -0.2) is 13.6 Å². The van der Waals surface area contributed by atoms with Gasteiger partial charge in [-0.05, 0) is 65.2 Å². The van der Waals surface area contributed by atoms with Crippen LogP contribution in [0.5, 0.6) is 0 Å². The number of amides is 2. The summed E-state index contributed by atoms with van der Waals surface area (Å²) in [5, 5.41) is 12.9. The molecule has 2 heterocycles. The minimum absolute atomic E-state index is 0.00563. The van der Waals surface area contributed by atoms with Gasteiger partial charge in [0.2, 0.25) is 0 Å². The maximum atomic E-state index is 13.5. The number of rotatable bonds is 5. The molecule has 38 heavy (non-hydrogen) atoms. The van der Waals surface area contributed by atoms with E-state index in [9.17, 15) is 18.4 Å². The molecule has 5 rings (SSSR count). The van der Waals surface area contributed by atoms with Gasteiger partial charge in [0.15, 0.2) is 0 Å². The first-order valence-corrected chi connectivity index (χ1v) is 12.6. The van der Waals surface area contributed by atoms with Gasteiger partial charge in [0, 0.05) is 52.5 Å². The number of furan rings is 1. The van der Waals surface area contributed by atoms with Crippen molar-refractivity contribution in [2.75, 3.05) is 13.1 Å². The van der Waals surface area contributed by atoms with Crippen LogP contribution in [0.4, 0.5) is 13.6 Å². The first-order valence-electron chi connectivity index (χ1n) is 11.9. The minimum Gasteiger partial charge on any atom is -0.465 e. The normalized spacial score (nSPS) is 15.0. The van der Waals surface area contributed by atoms with Crippen LogP contribution < -0.4 is 5.32 Å². The van der Waals surface area contributed by atoms with Gasteiger partial charge in [0.1, 0.15) is 11.3 Å². The first-order chi connectivity index (χ1) is 18.1. The maximum absolute atomic E-state index is 13.5. The van der Waals surface area contributed by atoms with Crippen molar-refractivity contribution in [3.8, 4) is 22.3 Å². The SMILES string of the molecule is O=C(O)NCc1cc2cc(-c3ccc(C(=O)N4CCC(F)(F)CC4)cc3)cc(-c3cc(Cl)cc(Cl)c3)c2o1. The highest BCUT2D eigenvalue weighted by atomic mass is 35.5. The number of carbonyl (C=O) groups is 2. The van der Waals surface area contributed by atoms with Crippen LogP contribution in [0, 0.1) is 0 Å². The fraction of sp³-hybridized carbons (Fsp3) is 0.214. The van der Waals surface area contributed by atoms with Gasteiger partial charge in [-0.3, -0.25) is 4.79 Å². The lowest BCUT2D eigenvalue weighted by Crippen LogP contribution is -2.42. The molecule has 196 valence electrons. The Labute approximate surface area is 226 Å². The number of nitrogens with one attached hydrogen (secondary N) is 1. The third-order valence-electron chi connectivity index (χ3n) is 6.50. The van der Waals surface area contributed by atoms with E-state index in [1.54, 1.807) is 48.5 Å². The van der Waals surface area contributed by atoms with Crippen LogP contribution in [0.2, 0.25) is 10.0 Å². The molecule has 0 aliphatic carbocycles. The Morgan fingerprint density at radius 1 is 0.921 bits per heavy atom. The summed E-state index contributed by atoms with van der Waals surface area (Å²) in [5.74, 6) is -2.56. The third-order valence-corrected chi connectivity index (χ3v) is 6.94. The molecule has 1 aliphatic heterocycles. The van der Waals surface area contributed by atoms with Crippen LogP contribution in [0.1, 0.15) is 29.0 Å². The molecule has 4 aromatic rings. The number of hydrogen-bond acceptors (Lipinski definition) is 3. The van der Waals surface area contributed by atoms with Crippen molar-refractivity contribution in [1.82, 2.24) is 10.2 Å². The number of carbonyl (C=O) groups excluding carboxylic acids is 1. The summed E-state index contributed by atoms with van der Waals surface area (Å²) < 4.78 is 33.0. The maximum Gasteiger partial charge on any atom is 0.405 e. The molecule has 2 N–H and O–H groups in total. The Hall–Kier alpha value is -3.62. The van der Waals surface area contributed by atoms with E-state index in [0.717, 1.165) is 22.1 Å². The number of benzene rings is 3. The average Bonchev–Trinajstić information content (AvgIpc) is 3.29. The van der Waals surface area contributed by atoms with Gasteiger partial charge in [-0.2, -0.15) is 0 Å². The monoisotopic (exact) mass is 558 g/mol. The lowest BCUT2D eigenvalue weighted by Gasteiger charge is -2.31. The van der Waals surface area contributed by atoms with E-state index < -0.39 is 12.0 Å². The topological polar surface area (TPSA) is 82.8 Å². The zero-order valence-electron chi connectivity index (χ0n) is 19.9. The Balaban J connectivity index is 1.50. The standard InChI is InChI=1S/C28H22Cl2F2N2O4/c29-21-10-19(11-22(30)14-21)24-13-18(9-20-12-23(38-25(20)24)15-33-27(36)37)16-1-3-17(4-2-16)26(35)34-7-5-28(31,32)6-8-34/h1-4,9-14,33H,5-8,15H2,(H,36,37). The van der Waals surface area contributed by atoms with E-state index in [0.29, 0.717) is 32.5 Å². The molecule has 1 saturated heterocycles. The van der Waals surface area contributed by atoms with E-state index in [4.69, 9.17) is 32.7 Å². The molecule has 6 nitrogen and oxygen atoms in total. The van der Waals surface area contributed by atoms with Crippen molar-refractivity contribution in [1.29, 1.82) is 0 Å². The number of halogens is 4. The quantitative estimate of drug-likeness (QED) is 0.262. The summed E-state index contributed by atoms with van der Waals surface area (Å²) in [7, 11) is 0. The summed E-state index contributed by atoms with van der Waals surface area (Å²) >= 11 is 12.5. The molecular weight excluding hydrogens is 537 g/mol. The predicted octanol–water partition coefficient (Wildman–Crippen LogP) is 7.71. The number of hydrogen-bond donors (Lipinski definition) is 2. The van der Waals surface area contributed by atoms with E-state index in [1.807, 2.05) is 12.1 Å². The molecule has 0 bridgehead atoms. The molecule has 0 unspecified atom stereocenters. The second-order valence-corrected chi connectivity index (χ2v) is 10.1. The van der Waals surface area contributed by atoms with Gasteiger partial charge in [0.25, 0.3) is 11.8 Å². The zero-order chi connectivity index (χ0) is 27.0. The fourth-order valence-electron chi connectivity index (χ4n) is 4.57. The molecule has 1 aromatic heterocycles. The number of likely N-dealkylation sites (tertiary alicyclic amines) is 1. The first kappa shape index (κ1) is 26.0. The highest BCUT2D eigenvalue weighted by Gasteiger charge is 2.35. The van der Waals surface area contributed by atoms with E-state index >= 15 is 0 Å². The number of fused-ring (bicyclic) bond motifs is 1. The molecule has 0 atom stereocenters. The highest BCUT2D eigenvalue weighted by Crippen LogP contribution is 2.38. The number of piperidine rings is 1. The molecular formula is C28H22Cl2F2N2O4. The van der Waals surface area contributed by atoms with Gasteiger partial charge >= 0.3 is 6.09 Å². The van der Waals surface area contributed by atoms with Crippen molar-refractivity contribution in [3.63, 3.8) is 0 Å². The fourth-order valence-corrected chi connectivity index (χ4v) is 5.10. The van der Waals surface area contributed by atoms with E-state index in [2.05, 4.69) is 5.32 Å². The Bertz CT molecular complexity index is 1510. The molecule has 10 heteroatoms. The third kappa shape index (κ3) is 5.61. The van der Waals surface area contributed by atoms with Crippen LogP contribution in [-0.2, 0) is 6.54 Å². The molecule has 0 radical (unpaired) electrons. The number of nitrogens with zero attached hydrogens (tertiary/aromatic N) is 1. The Morgan fingerprint density at radius 3 is 2.21 bits per heavy atom. The highest BCUT2D eigenvalue weighted by molar-refractivity contribution is 6.35. The Morgan fingerprint density at radius 2 is 1.58 bits per heavy atom. The molecule has 1 fully saturated rings. The summed E-state index contributed by atoms with van der Waals surface area (Å²) in [5.41, 5.74) is 4.02. The second kappa shape index (κ2) is 10.3. The van der Waals surface area contributed by atoms with E-state index in [-0.39, 0.29) is 38.4 Å². The number of alkyl halides is 2. The van der Waals surface area contributed by atoms with Crippen molar-refractivity contribution >= 4 is 46.2 Å². The lowest BCUT2D eigenvalue weighted by atomic mass is 9.96. The lowest BCUT2D eigenvalue weighted by molar-refractivity contribution is -0.0494. The van der Waals surface area contributed by atoms with Crippen molar-refractivity contribution in [3.05, 3.63) is 82.0 Å². The molecule has 0 saturated carbocycles. The van der Waals surface area contributed by atoms with Crippen molar-refractivity contribution < 1.29 is 27.9 Å². The van der Waals surface area contributed by atoms with E-state index in [1.165, 1.54) is 4.90 Å². The molecule has 3 aromatic carbocycles. The molecule has 1 aliphatic rings. The summed E-state index contributed by atoms with van der Waals surface area (Å²) in [6.07, 6.45) is -1.83. The van der Waals surface area contributed by atoms with Gasteiger partial charge in [0.05, 0.1) is 6.54 Å². The molecule has 2 amide bonds. The Kier molecular flexibility index (Phi) is 7.03. The summed E-state index contributed by atoms with van der Waals surface area (Å²) in [6.45, 7) is 0.0407. The average molecular weight is 559 g/mol. The van der Waals surface area contributed by atoms with Crippen LogP contribution in [0.3, 0.4) is 0 Å². The zero-order valence-corrected chi connectivity index (χ0v) is 21.5. The van der Waals surface area contributed by atoms with Crippen LogP contribution in [0.15, 0.2) is 65.1 Å².